The lowest BCUT2D eigenvalue weighted by atomic mass is 9.93. The second-order valence-corrected chi connectivity index (χ2v) is 3.09. The topological polar surface area (TPSA) is 45.0 Å². The molecule has 0 saturated heterocycles. The fourth-order valence-electron chi connectivity index (χ4n) is 1.74. The van der Waals surface area contributed by atoms with Crippen LogP contribution in [0.2, 0.25) is 0 Å². The van der Waals surface area contributed by atoms with Crippen LogP contribution in [0, 0.1) is 0 Å². The van der Waals surface area contributed by atoms with Gasteiger partial charge in [-0.3, -0.25) is 0 Å². The first-order valence-corrected chi connectivity index (χ1v) is 4.15. The minimum Gasteiger partial charge on any atom is -0.394 e. The molecule has 0 unspecified atom stereocenters. The van der Waals surface area contributed by atoms with Gasteiger partial charge in [-0.05, 0) is 31.3 Å². The zero-order chi connectivity index (χ0) is 7.68. The third-order valence-corrected chi connectivity index (χ3v) is 2.37. The molecule has 0 radical (unpaired) electrons. The number of allylic oxidation sites excluding steroid dienone is 1. The van der Waals surface area contributed by atoms with Crippen molar-refractivity contribution in [3.8, 4) is 0 Å². The highest BCUT2D eigenvalue weighted by molar-refractivity contribution is 5.24. The lowest BCUT2D eigenvalue weighted by Gasteiger charge is -2.14. The van der Waals surface area contributed by atoms with Gasteiger partial charge in [-0.15, -0.1) is 0 Å². The van der Waals surface area contributed by atoms with Gasteiger partial charge in [-0.25, -0.2) is 0 Å². The summed E-state index contributed by atoms with van der Waals surface area (Å²) in [6.07, 6.45) is 4.62. The van der Waals surface area contributed by atoms with E-state index in [-0.39, 0.29) is 12.6 Å². The van der Waals surface area contributed by atoms with E-state index in [1.54, 1.807) is 0 Å². The summed E-state index contributed by atoms with van der Waals surface area (Å²) >= 11 is 0. The van der Waals surface area contributed by atoms with Crippen molar-refractivity contribution in [2.24, 2.45) is 10.2 Å². The third kappa shape index (κ3) is 1.09. The van der Waals surface area contributed by atoms with Crippen LogP contribution < -0.4 is 0 Å². The van der Waals surface area contributed by atoms with E-state index < -0.39 is 0 Å². The Balaban J connectivity index is 2.21. The van der Waals surface area contributed by atoms with Gasteiger partial charge in [0, 0.05) is 0 Å². The van der Waals surface area contributed by atoms with Gasteiger partial charge in [-0.2, -0.15) is 10.2 Å². The zero-order valence-corrected chi connectivity index (χ0v) is 6.45. The van der Waals surface area contributed by atoms with Gasteiger partial charge in [0.2, 0.25) is 0 Å². The van der Waals surface area contributed by atoms with E-state index in [1.807, 2.05) is 0 Å². The Morgan fingerprint density at radius 1 is 1.36 bits per heavy atom. The van der Waals surface area contributed by atoms with Crippen LogP contribution in [0.25, 0.3) is 0 Å². The number of rotatable bonds is 1. The summed E-state index contributed by atoms with van der Waals surface area (Å²) in [5, 5.41) is 17.0. The molecule has 1 aliphatic carbocycles. The molecular weight excluding hydrogens is 140 g/mol. The van der Waals surface area contributed by atoms with Gasteiger partial charge in [0.15, 0.2) is 0 Å². The average Bonchev–Trinajstić information content (AvgIpc) is 2.47. The van der Waals surface area contributed by atoms with Crippen LogP contribution in [-0.4, -0.2) is 17.8 Å². The summed E-state index contributed by atoms with van der Waals surface area (Å²) in [6.45, 7) is 0.127. The second kappa shape index (κ2) is 2.74. The van der Waals surface area contributed by atoms with Crippen LogP contribution in [-0.2, 0) is 0 Å². The predicted octanol–water partition coefficient (Wildman–Crippen LogP) is 1.64. The second-order valence-electron chi connectivity index (χ2n) is 3.09. The van der Waals surface area contributed by atoms with Crippen molar-refractivity contribution < 1.29 is 5.11 Å². The SMILES string of the molecule is OC[C@H]1N=NC2=C1CCCC2. The maximum Gasteiger partial charge on any atom is 0.117 e. The molecule has 3 heteroatoms. The van der Waals surface area contributed by atoms with Crippen LogP contribution in [0.4, 0.5) is 0 Å². The average molecular weight is 152 g/mol. The van der Waals surface area contributed by atoms with E-state index in [2.05, 4.69) is 10.2 Å². The molecule has 2 aliphatic rings. The zero-order valence-electron chi connectivity index (χ0n) is 6.45. The Labute approximate surface area is 65.8 Å². The summed E-state index contributed by atoms with van der Waals surface area (Å²) in [5.41, 5.74) is 2.44. The molecule has 3 nitrogen and oxygen atoms in total. The van der Waals surface area contributed by atoms with Crippen molar-refractivity contribution in [1.29, 1.82) is 0 Å². The maximum atomic E-state index is 8.92. The monoisotopic (exact) mass is 152 g/mol. The first kappa shape index (κ1) is 6.98. The Kier molecular flexibility index (Phi) is 1.74. The van der Waals surface area contributed by atoms with Gasteiger partial charge in [0.1, 0.15) is 6.04 Å². The maximum absolute atomic E-state index is 8.92. The molecule has 1 heterocycles. The highest BCUT2D eigenvalue weighted by atomic mass is 16.3. The molecule has 11 heavy (non-hydrogen) atoms. The quantitative estimate of drug-likeness (QED) is 0.610. The minimum atomic E-state index is 0.00491. The first-order chi connectivity index (χ1) is 5.42. The first-order valence-electron chi connectivity index (χ1n) is 4.15. The van der Waals surface area contributed by atoms with E-state index in [0.29, 0.717) is 0 Å². The van der Waals surface area contributed by atoms with Crippen molar-refractivity contribution in [2.75, 3.05) is 6.61 Å². The lowest BCUT2D eigenvalue weighted by Crippen LogP contribution is -2.12. The third-order valence-electron chi connectivity index (χ3n) is 2.37. The summed E-state index contributed by atoms with van der Waals surface area (Å²) in [6, 6.07) is 0.00491. The Bertz CT molecular complexity index is 220. The molecule has 1 N–H and O–H groups in total. The summed E-state index contributed by atoms with van der Waals surface area (Å²) in [4.78, 5) is 0. The van der Waals surface area contributed by atoms with Crippen molar-refractivity contribution in [3.05, 3.63) is 11.3 Å². The van der Waals surface area contributed by atoms with Crippen LogP contribution >= 0.6 is 0 Å². The molecule has 0 saturated carbocycles. The van der Waals surface area contributed by atoms with Crippen molar-refractivity contribution in [2.45, 2.75) is 31.7 Å². The van der Waals surface area contributed by atoms with E-state index in [9.17, 15) is 0 Å². The molecule has 0 fully saturated rings. The number of hydrogen-bond donors (Lipinski definition) is 1. The number of azo groups is 1. The van der Waals surface area contributed by atoms with Crippen LogP contribution in [0.15, 0.2) is 21.5 Å². The van der Waals surface area contributed by atoms with Crippen molar-refractivity contribution in [1.82, 2.24) is 0 Å². The normalized spacial score (nSPS) is 29.4. The number of aliphatic hydroxyl groups is 1. The smallest absolute Gasteiger partial charge is 0.117 e. The van der Waals surface area contributed by atoms with Gasteiger partial charge < -0.3 is 5.11 Å². The molecule has 0 amide bonds. The molecule has 0 aromatic heterocycles. The molecular formula is C8H12N2O. The largest absolute Gasteiger partial charge is 0.394 e. The van der Waals surface area contributed by atoms with Gasteiger partial charge >= 0.3 is 0 Å². The minimum absolute atomic E-state index is 0.00491. The highest BCUT2D eigenvalue weighted by Crippen LogP contribution is 2.33. The Hall–Kier alpha value is -0.700. The molecule has 0 spiro atoms. The molecule has 2 rings (SSSR count). The number of hydrogen-bond acceptors (Lipinski definition) is 3. The molecule has 0 bridgehead atoms. The predicted molar refractivity (Wildman–Crippen MR) is 41.2 cm³/mol. The lowest BCUT2D eigenvalue weighted by molar-refractivity contribution is 0.277. The fourth-order valence-corrected chi connectivity index (χ4v) is 1.74. The van der Waals surface area contributed by atoms with Crippen molar-refractivity contribution in [3.63, 3.8) is 0 Å². The van der Waals surface area contributed by atoms with E-state index >= 15 is 0 Å². The Morgan fingerprint density at radius 3 is 3.00 bits per heavy atom. The number of nitrogens with zero attached hydrogens (tertiary/aromatic N) is 2. The standard InChI is InChI=1S/C8H12N2O/c11-5-8-6-3-1-2-4-7(6)9-10-8/h8,11H,1-5H2/t8-/m1/s1. The molecule has 0 aromatic rings. The fraction of sp³-hybridized carbons (Fsp3) is 0.750. The summed E-state index contributed by atoms with van der Waals surface area (Å²) in [5.74, 6) is 0. The summed E-state index contributed by atoms with van der Waals surface area (Å²) in [7, 11) is 0. The Morgan fingerprint density at radius 2 is 2.18 bits per heavy atom. The van der Waals surface area contributed by atoms with Crippen molar-refractivity contribution >= 4 is 0 Å². The van der Waals surface area contributed by atoms with Gasteiger partial charge in [0.05, 0.1) is 12.3 Å². The van der Waals surface area contributed by atoms with E-state index in [1.165, 1.54) is 18.4 Å². The van der Waals surface area contributed by atoms with E-state index in [4.69, 9.17) is 5.11 Å². The van der Waals surface area contributed by atoms with Gasteiger partial charge in [-0.1, -0.05) is 0 Å². The van der Waals surface area contributed by atoms with Crippen LogP contribution in [0.3, 0.4) is 0 Å². The van der Waals surface area contributed by atoms with Crippen LogP contribution in [0.1, 0.15) is 25.7 Å². The molecule has 0 aromatic carbocycles. The number of aliphatic hydroxyl groups excluding tert-OH is 1. The molecule has 1 atom stereocenters. The molecule has 60 valence electrons. The van der Waals surface area contributed by atoms with Crippen LogP contribution in [0.5, 0.6) is 0 Å². The molecule has 1 aliphatic heterocycles. The highest BCUT2D eigenvalue weighted by Gasteiger charge is 2.24. The van der Waals surface area contributed by atoms with E-state index in [0.717, 1.165) is 18.5 Å². The van der Waals surface area contributed by atoms with Gasteiger partial charge in [0.25, 0.3) is 0 Å². The summed E-state index contributed by atoms with van der Waals surface area (Å²) < 4.78 is 0.